The fourth-order valence-corrected chi connectivity index (χ4v) is 1.48. The van der Waals surface area contributed by atoms with Gasteiger partial charge in [0.2, 0.25) is 0 Å². The molecule has 2 aromatic rings. The first-order chi connectivity index (χ1) is 7.84. The molecule has 0 saturated heterocycles. The fraction of sp³-hybridized carbons (Fsp3) is 0.154. The second kappa shape index (κ2) is 5.16. The maximum atomic E-state index is 10.9. The first-order valence-electron chi connectivity index (χ1n) is 5.30. The van der Waals surface area contributed by atoms with E-state index in [0.29, 0.717) is 0 Å². The Balaban J connectivity index is 1.84. The largest absolute Gasteiger partial charge is 0.383 e. The van der Waals surface area contributed by atoms with E-state index < -0.39 is 0 Å². The number of nitrogens with one attached hydrogen (secondary N) is 1. The Morgan fingerprint density at radius 1 is 1.00 bits per heavy atom. The highest BCUT2D eigenvalue weighted by molar-refractivity contribution is 5.42. The second-order valence-electron chi connectivity index (χ2n) is 3.56. The lowest BCUT2D eigenvalue weighted by Gasteiger charge is -2.08. The smallest absolute Gasteiger partial charge is 0.181 e. The Kier molecular flexibility index (Phi) is 3.38. The van der Waals surface area contributed by atoms with Gasteiger partial charge in [0.25, 0.3) is 0 Å². The summed E-state index contributed by atoms with van der Waals surface area (Å²) in [6, 6.07) is 13.2. The van der Waals surface area contributed by atoms with Gasteiger partial charge in [-0.3, -0.25) is 4.79 Å². The van der Waals surface area contributed by atoms with Gasteiger partial charge in [0.05, 0.1) is 0 Å². The molecule has 0 aliphatic rings. The van der Waals surface area contributed by atoms with Crippen molar-refractivity contribution in [1.29, 1.82) is 0 Å². The van der Waals surface area contributed by atoms with E-state index in [4.69, 9.17) is 0 Å². The molecule has 3 heteroatoms. The number of nitrogens with zero attached hydrogens (tertiary/aromatic N) is 1. The highest BCUT2D eigenvalue weighted by Gasteiger charge is 1.90. The van der Waals surface area contributed by atoms with Crippen LogP contribution in [-0.4, -0.2) is 11.1 Å². The number of rotatable bonds is 4. The molecule has 82 valence electrons. The van der Waals surface area contributed by atoms with Crippen LogP contribution in [0.1, 0.15) is 0 Å². The molecule has 0 fully saturated rings. The van der Waals surface area contributed by atoms with Crippen LogP contribution in [0.2, 0.25) is 0 Å². The minimum atomic E-state index is 0.0484. The third-order valence-electron chi connectivity index (χ3n) is 2.33. The average Bonchev–Trinajstić information content (AvgIpc) is 2.33. The molecule has 0 amide bonds. The Labute approximate surface area is 94.4 Å². The standard InChI is InChI=1S/C13H14N2O/c16-13-6-9-15(10-7-13)11-8-14-12-4-2-1-3-5-12/h1-7,9-10,14H,8,11H2. The first-order valence-corrected chi connectivity index (χ1v) is 5.30. The molecule has 1 aromatic heterocycles. The van der Waals surface area contributed by atoms with E-state index in [-0.39, 0.29) is 5.43 Å². The predicted octanol–water partition coefficient (Wildman–Crippen LogP) is 1.96. The molecule has 1 N–H and O–H groups in total. The summed E-state index contributed by atoms with van der Waals surface area (Å²) < 4.78 is 1.98. The van der Waals surface area contributed by atoms with Gasteiger partial charge in [-0.05, 0) is 12.1 Å². The molecule has 0 atom stereocenters. The van der Waals surface area contributed by atoms with E-state index in [0.717, 1.165) is 18.8 Å². The normalized spacial score (nSPS) is 10.0. The number of hydrogen-bond donors (Lipinski definition) is 1. The second-order valence-corrected chi connectivity index (χ2v) is 3.56. The summed E-state index contributed by atoms with van der Waals surface area (Å²) >= 11 is 0. The van der Waals surface area contributed by atoms with E-state index in [9.17, 15) is 4.79 Å². The van der Waals surface area contributed by atoms with Crippen molar-refractivity contribution >= 4 is 5.69 Å². The highest BCUT2D eigenvalue weighted by Crippen LogP contribution is 2.03. The van der Waals surface area contributed by atoms with Crippen LogP contribution >= 0.6 is 0 Å². The van der Waals surface area contributed by atoms with E-state index >= 15 is 0 Å². The van der Waals surface area contributed by atoms with Crippen LogP contribution in [0.25, 0.3) is 0 Å². The third kappa shape index (κ3) is 2.98. The van der Waals surface area contributed by atoms with Crippen molar-refractivity contribution in [3.8, 4) is 0 Å². The SMILES string of the molecule is O=c1ccn(CCNc2ccccc2)cc1. The van der Waals surface area contributed by atoms with Crippen LogP contribution in [0.5, 0.6) is 0 Å². The quantitative estimate of drug-likeness (QED) is 0.844. The van der Waals surface area contributed by atoms with Gasteiger partial charge in [-0.15, -0.1) is 0 Å². The number of anilines is 1. The Hall–Kier alpha value is -2.03. The molecule has 2 rings (SSSR count). The van der Waals surface area contributed by atoms with Crippen LogP contribution < -0.4 is 10.7 Å². The van der Waals surface area contributed by atoms with Crippen LogP contribution in [0.3, 0.4) is 0 Å². The fourth-order valence-electron chi connectivity index (χ4n) is 1.48. The molecular formula is C13H14N2O. The number of hydrogen-bond acceptors (Lipinski definition) is 2. The van der Waals surface area contributed by atoms with Crippen molar-refractivity contribution in [2.45, 2.75) is 6.54 Å². The topological polar surface area (TPSA) is 34.0 Å². The van der Waals surface area contributed by atoms with Crippen molar-refractivity contribution < 1.29 is 0 Å². The van der Waals surface area contributed by atoms with E-state index in [1.165, 1.54) is 0 Å². The van der Waals surface area contributed by atoms with Gasteiger partial charge in [0, 0.05) is 43.3 Å². The predicted molar refractivity (Wildman–Crippen MR) is 65.6 cm³/mol. The lowest BCUT2D eigenvalue weighted by atomic mass is 10.3. The van der Waals surface area contributed by atoms with Gasteiger partial charge in [-0.25, -0.2) is 0 Å². The molecule has 1 heterocycles. The number of para-hydroxylation sites is 1. The van der Waals surface area contributed by atoms with Gasteiger partial charge in [0.1, 0.15) is 0 Å². The molecule has 0 unspecified atom stereocenters. The summed E-state index contributed by atoms with van der Waals surface area (Å²) in [7, 11) is 0. The number of aromatic nitrogens is 1. The maximum Gasteiger partial charge on any atom is 0.181 e. The Bertz CT molecular complexity index is 470. The number of benzene rings is 1. The van der Waals surface area contributed by atoms with E-state index in [1.54, 1.807) is 24.5 Å². The molecular weight excluding hydrogens is 200 g/mol. The lowest BCUT2D eigenvalue weighted by Crippen LogP contribution is -2.11. The molecule has 0 spiro atoms. The summed E-state index contributed by atoms with van der Waals surface area (Å²) in [4.78, 5) is 10.9. The zero-order chi connectivity index (χ0) is 11.2. The van der Waals surface area contributed by atoms with Crippen molar-refractivity contribution in [3.63, 3.8) is 0 Å². The monoisotopic (exact) mass is 214 g/mol. The first kappa shape index (κ1) is 10.5. The average molecular weight is 214 g/mol. The molecule has 1 aromatic carbocycles. The van der Waals surface area contributed by atoms with Gasteiger partial charge >= 0.3 is 0 Å². The van der Waals surface area contributed by atoms with Crippen molar-refractivity contribution in [3.05, 3.63) is 65.1 Å². The summed E-state index contributed by atoms with van der Waals surface area (Å²) in [6.07, 6.45) is 3.60. The minimum Gasteiger partial charge on any atom is -0.383 e. The van der Waals surface area contributed by atoms with Crippen LogP contribution in [0.4, 0.5) is 5.69 Å². The maximum absolute atomic E-state index is 10.9. The Morgan fingerprint density at radius 2 is 1.69 bits per heavy atom. The van der Waals surface area contributed by atoms with Gasteiger partial charge < -0.3 is 9.88 Å². The minimum absolute atomic E-state index is 0.0484. The van der Waals surface area contributed by atoms with Crippen LogP contribution in [-0.2, 0) is 6.54 Å². The molecule has 0 aliphatic carbocycles. The van der Waals surface area contributed by atoms with Crippen molar-refractivity contribution in [1.82, 2.24) is 4.57 Å². The van der Waals surface area contributed by atoms with Gasteiger partial charge in [-0.1, -0.05) is 18.2 Å². The van der Waals surface area contributed by atoms with Gasteiger partial charge in [-0.2, -0.15) is 0 Å². The highest BCUT2D eigenvalue weighted by atomic mass is 16.1. The van der Waals surface area contributed by atoms with E-state index in [1.807, 2.05) is 34.9 Å². The molecule has 0 aliphatic heterocycles. The zero-order valence-corrected chi connectivity index (χ0v) is 8.97. The third-order valence-corrected chi connectivity index (χ3v) is 2.33. The molecule has 0 saturated carbocycles. The van der Waals surface area contributed by atoms with E-state index in [2.05, 4.69) is 5.32 Å². The number of pyridine rings is 1. The van der Waals surface area contributed by atoms with Crippen molar-refractivity contribution in [2.24, 2.45) is 0 Å². The van der Waals surface area contributed by atoms with Crippen LogP contribution in [0.15, 0.2) is 59.7 Å². The van der Waals surface area contributed by atoms with Crippen LogP contribution in [0, 0.1) is 0 Å². The summed E-state index contributed by atoms with van der Waals surface area (Å²) in [5, 5.41) is 3.31. The molecule has 0 bridgehead atoms. The molecule has 3 nitrogen and oxygen atoms in total. The van der Waals surface area contributed by atoms with Crippen molar-refractivity contribution in [2.75, 3.05) is 11.9 Å². The summed E-state index contributed by atoms with van der Waals surface area (Å²) in [5.74, 6) is 0. The van der Waals surface area contributed by atoms with Gasteiger partial charge in [0.15, 0.2) is 5.43 Å². The zero-order valence-electron chi connectivity index (χ0n) is 8.97. The summed E-state index contributed by atoms with van der Waals surface area (Å²) in [5.41, 5.74) is 1.16. The summed E-state index contributed by atoms with van der Waals surface area (Å²) in [6.45, 7) is 1.68. The Morgan fingerprint density at radius 3 is 2.38 bits per heavy atom. The lowest BCUT2D eigenvalue weighted by molar-refractivity contribution is 0.721. The molecule has 0 radical (unpaired) electrons. The molecule has 16 heavy (non-hydrogen) atoms.